The van der Waals surface area contributed by atoms with Crippen molar-refractivity contribution in [2.24, 2.45) is 0 Å². The number of nitrogens with zero attached hydrogens (tertiary/aromatic N) is 2. The third kappa shape index (κ3) is 5.28. The Balaban J connectivity index is 0.00000180. The summed E-state index contributed by atoms with van der Waals surface area (Å²) in [5.41, 5.74) is 1.35. The maximum atomic E-state index is 5.38. The van der Waals surface area contributed by atoms with Gasteiger partial charge in [-0.2, -0.15) is 0 Å². The molecule has 5 nitrogen and oxygen atoms in total. The molecule has 19 heavy (non-hydrogen) atoms. The van der Waals surface area contributed by atoms with Crippen LogP contribution in [0.1, 0.15) is 17.9 Å². The van der Waals surface area contributed by atoms with E-state index < -0.39 is 0 Å². The summed E-state index contributed by atoms with van der Waals surface area (Å²) in [7, 11) is 1.84. The molecule has 1 aromatic heterocycles. The smallest absolute Gasteiger partial charge is 0.315 e. The Morgan fingerprint density at radius 3 is 2.68 bits per heavy atom. The summed E-state index contributed by atoms with van der Waals surface area (Å²) in [5.74, 6) is 0.600. The van der Waals surface area contributed by atoms with E-state index in [-0.39, 0.29) is 12.4 Å². The molecule has 0 radical (unpaired) electrons. The Bertz CT molecular complexity index is 461. The number of aromatic nitrogens is 2. The van der Waals surface area contributed by atoms with Gasteiger partial charge in [0.05, 0.1) is 6.54 Å². The molecule has 0 aliphatic rings. The molecule has 0 aliphatic heterocycles. The lowest BCUT2D eigenvalue weighted by Crippen LogP contribution is -2.05. The third-order valence-corrected chi connectivity index (χ3v) is 2.56. The zero-order valence-electron chi connectivity index (χ0n) is 10.9. The van der Waals surface area contributed by atoms with Crippen LogP contribution in [0, 0.1) is 0 Å². The fourth-order valence-electron chi connectivity index (χ4n) is 1.68. The zero-order chi connectivity index (χ0) is 12.6. The Labute approximate surface area is 119 Å². The van der Waals surface area contributed by atoms with E-state index in [1.807, 2.05) is 13.1 Å². The van der Waals surface area contributed by atoms with Gasteiger partial charge in [-0.1, -0.05) is 35.4 Å². The zero-order valence-corrected chi connectivity index (χ0v) is 11.7. The van der Waals surface area contributed by atoms with Gasteiger partial charge in [0, 0.05) is 6.54 Å². The van der Waals surface area contributed by atoms with Crippen LogP contribution in [0.2, 0.25) is 0 Å². The van der Waals surface area contributed by atoms with Crippen LogP contribution >= 0.6 is 12.4 Å². The van der Waals surface area contributed by atoms with Crippen molar-refractivity contribution in [2.75, 3.05) is 18.9 Å². The molecule has 1 aromatic carbocycles. The van der Waals surface area contributed by atoms with Gasteiger partial charge in [-0.25, -0.2) is 0 Å². The Morgan fingerprint density at radius 2 is 1.95 bits per heavy atom. The van der Waals surface area contributed by atoms with Gasteiger partial charge in [-0.15, -0.1) is 17.5 Å². The number of hydrogen-bond acceptors (Lipinski definition) is 5. The van der Waals surface area contributed by atoms with E-state index in [1.54, 1.807) is 0 Å². The van der Waals surface area contributed by atoms with Crippen LogP contribution < -0.4 is 10.6 Å². The van der Waals surface area contributed by atoms with Crippen LogP contribution in [0.15, 0.2) is 34.7 Å². The number of nitrogens with one attached hydrogen (secondary N) is 2. The molecular formula is C13H19ClN4O. The maximum Gasteiger partial charge on any atom is 0.315 e. The highest BCUT2D eigenvalue weighted by molar-refractivity contribution is 5.85. The molecule has 104 valence electrons. The summed E-state index contributed by atoms with van der Waals surface area (Å²) in [5, 5.41) is 13.9. The van der Waals surface area contributed by atoms with Gasteiger partial charge in [0.1, 0.15) is 0 Å². The first-order valence-electron chi connectivity index (χ1n) is 6.13. The third-order valence-electron chi connectivity index (χ3n) is 2.56. The highest BCUT2D eigenvalue weighted by Gasteiger charge is 2.03. The molecule has 0 bridgehead atoms. The standard InChI is InChI=1S/C13H18N4O.ClH/c1-14-10-12-16-17-13(18-12)15-9-5-8-11-6-3-2-4-7-11;/h2-4,6-7,14H,5,8-10H2,1H3,(H,15,17);1H. The molecule has 6 heteroatoms. The molecule has 2 N–H and O–H groups in total. The van der Waals surface area contributed by atoms with Gasteiger partial charge in [0.2, 0.25) is 5.89 Å². The van der Waals surface area contributed by atoms with Crippen LogP contribution in [-0.4, -0.2) is 23.8 Å². The minimum atomic E-state index is 0. The van der Waals surface area contributed by atoms with Gasteiger partial charge in [0.25, 0.3) is 0 Å². The van der Waals surface area contributed by atoms with E-state index >= 15 is 0 Å². The molecule has 2 rings (SSSR count). The first-order chi connectivity index (χ1) is 8.88. The van der Waals surface area contributed by atoms with Crippen molar-refractivity contribution in [2.45, 2.75) is 19.4 Å². The molecule has 0 fully saturated rings. The van der Waals surface area contributed by atoms with Gasteiger partial charge >= 0.3 is 6.01 Å². The monoisotopic (exact) mass is 282 g/mol. The summed E-state index contributed by atoms with van der Waals surface area (Å²) >= 11 is 0. The topological polar surface area (TPSA) is 63.0 Å². The van der Waals surface area contributed by atoms with E-state index in [1.165, 1.54) is 5.56 Å². The molecule has 0 saturated carbocycles. The molecule has 1 heterocycles. The summed E-state index contributed by atoms with van der Waals surface area (Å²) < 4.78 is 5.38. The van der Waals surface area contributed by atoms with Crippen LogP contribution in [0.25, 0.3) is 0 Å². The molecule has 0 spiro atoms. The normalized spacial score (nSPS) is 9.95. The van der Waals surface area contributed by atoms with Crippen LogP contribution in [0.3, 0.4) is 0 Å². The molecule has 0 aliphatic carbocycles. The second kappa shape index (κ2) is 8.50. The minimum absolute atomic E-state index is 0. The van der Waals surface area contributed by atoms with E-state index in [9.17, 15) is 0 Å². The number of halogens is 1. The lowest BCUT2D eigenvalue weighted by Gasteiger charge is -2.01. The maximum absolute atomic E-state index is 5.38. The molecule has 0 saturated heterocycles. The van der Waals surface area contributed by atoms with Crippen molar-refractivity contribution in [3.05, 3.63) is 41.8 Å². The van der Waals surface area contributed by atoms with Gasteiger partial charge in [-0.3, -0.25) is 0 Å². The largest absolute Gasteiger partial charge is 0.407 e. The summed E-state index contributed by atoms with van der Waals surface area (Å²) in [6, 6.07) is 10.9. The average Bonchev–Trinajstić information content (AvgIpc) is 2.84. The summed E-state index contributed by atoms with van der Waals surface area (Å²) in [4.78, 5) is 0. The van der Waals surface area contributed by atoms with Crippen LogP contribution in [0.5, 0.6) is 0 Å². The lowest BCUT2D eigenvalue weighted by molar-refractivity contribution is 0.489. The number of anilines is 1. The van der Waals surface area contributed by atoms with Crippen molar-refractivity contribution in [1.29, 1.82) is 0 Å². The van der Waals surface area contributed by atoms with E-state index in [0.29, 0.717) is 18.5 Å². The predicted molar refractivity (Wildman–Crippen MR) is 77.6 cm³/mol. The molecule has 0 unspecified atom stereocenters. The number of benzene rings is 1. The first-order valence-corrected chi connectivity index (χ1v) is 6.13. The van der Waals surface area contributed by atoms with Crippen molar-refractivity contribution in [3.63, 3.8) is 0 Å². The van der Waals surface area contributed by atoms with E-state index in [0.717, 1.165) is 19.4 Å². The molecule has 0 atom stereocenters. The lowest BCUT2D eigenvalue weighted by atomic mass is 10.1. The quantitative estimate of drug-likeness (QED) is 0.763. The summed E-state index contributed by atoms with van der Waals surface area (Å²) in [6.07, 6.45) is 2.08. The Kier molecular flexibility index (Phi) is 6.92. The van der Waals surface area contributed by atoms with Crippen molar-refractivity contribution >= 4 is 18.4 Å². The van der Waals surface area contributed by atoms with Gasteiger partial charge in [-0.05, 0) is 25.5 Å². The van der Waals surface area contributed by atoms with Crippen molar-refractivity contribution < 1.29 is 4.42 Å². The molecular weight excluding hydrogens is 264 g/mol. The van der Waals surface area contributed by atoms with E-state index in [4.69, 9.17) is 4.42 Å². The molecule has 0 amide bonds. The number of rotatable bonds is 7. The molecule has 2 aromatic rings. The average molecular weight is 283 g/mol. The predicted octanol–water partition coefficient (Wildman–Crippen LogP) is 2.26. The Morgan fingerprint density at radius 1 is 1.16 bits per heavy atom. The number of hydrogen-bond donors (Lipinski definition) is 2. The second-order valence-electron chi connectivity index (χ2n) is 4.05. The van der Waals surface area contributed by atoms with E-state index in [2.05, 4.69) is 45.1 Å². The van der Waals surface area contributed by atoms with Gasteiger partial charge < -0.3 is 15.1 Å². The first kappa shape index (κ1) is 15.5. The summed E-state index contributed by atoms with van der Waals surface area (Å²) in [6.45, 7) is 1.43. The highest BCUT2D eigenvalue weighted by atomic mass is 35.5. The van der Waals surface area contributed by atoms with Gasteiger partial charge in [0.15, 0.2) is 0 Å². The fourth-order valence-corrected chi connectivity index (χ4v) is 1.68. The minimum Gasteiger partial charge on any atom is -0.407 e. The fraction of sp³-hybridized carbons (Fsp3) is 0.385. The Hall–Kier alpha value is -1.59. The number of aryl methyl sites for hydroxylation is 1. The highest BCUT2D eigenvalue weighted by Crippen LogP contribution is 2.06. The SMILES string of the molecule is CNCc1nnc(NCCCc2ccccc2)o1.Cl. The van der Waals surface area contributed by atoms with Crippen molar-refractivity contribution in [1.82, 2.24) is 15.5 Å². The second-order valence-corrected chi connectivity index (χ2v) is 4.05. The van der Waals surface area contributed by atoms with Crippen LogP contribution in [-0.2, 0) is 13.0 Å². The van der Waals surface area contributed by atoms with Crippen LogP contribution in [0.4, 0.5) is 6.01 Å². The van der Waals surface area contributed by atoms with Crippen molar-refractivity contribution in [3.8, 4) is 0 Å².